The largest absolute Gasteiger partial charge is 0.353 e. The SMILES string of the molecule is O=C(Cc1ccc2ccccc2n1)NC1CCCCC1. The van der Waals surface area contributed by atoms with E-state index in [1.807, 2.05) is 36.4 Å². The number of amides is 1. The molecule has 1 N–H and O–H groups in total. The third-order valence-electron chi connectivity index (χ3n) is 3.97. The summed E-state index contributed by atoms with van der Waals surface area (Å²) in [5.41, 5.74) is 1.80. The first-order valence-electron chi connectivity index (χ1n) is 7.45. The Morgan fingerprint density at radius 1 is 1.10 bits per heavy atom. The normalized spacial score (nSPS) is 16.2. The molecule has 0 unspecified atom stereocenters. The molecule has 1 aromatic carbocycles. The van der Waals surface area contributed by atoms with Crippen LogP contribution in [0.25, 0.3) is 10.9 Å². The molecule has 1 saturated carbocycles. The maximum Gasteiger partial charge on any atom is 0.226 e. The van der Waals surface area contributed by atoms with Gasteiger partial charge in [-0.25, -0.2) is 0 Å². The molecule has 0 atom stereocenters. The quantitative estimate of drug-likeness (QED) is 0.928. The standard InChI is InChI=1S/C17H20N2O/c20-17(19-14-7-2-1-3-8-14)12-15-11-10-13-6-4-5-9-16(13)18-15/h4-6,9-11,14H,1-3,7-8,12H2,(H,19,20). The number of carbonyl (C=O) groups excluding carboxylic acids is 1. The third-order valence-corrected chi connectivity index (χ3v) is 3.97. The zero-order valence-corrected chi connectivity index (χ0v) is 11.6. The van der Waals surface area contributed by atoms with Gasteiger partial charge in [0.25, 0.3) is 0 Å². The number of benzene rings is 1. The summed E-state index contributed by atoms with van der Waals surface area (Å²) in [6.07, 6.45) is 6.39. The number of aromatic nitrogens is 1. The van der Waals surface area contributed by atoms with Gasteiger partial charge in [-0.2, -0.15) is 0 Å². The van der Waals surface area contributed by atoms with Crippen LogP contribution in [0.5, 0.6) is 0 Å². The number of nitrogens with one attached hydrogen (secondary N) is 1. The van der Waals surface area contributed by atoms with Crippen molar-refractivity contribution in [3.05, 3.63) is 42.1 Å². The fourth-order valence-corrected chi connectivity index (χ4v) is 2.90. The summed E-state index contributed by atoms with van der Waals surface area (Å²) in [6, 6.07) is 12.3. The first kappa shape index (κ1) is 13.1. The van der Waals surface area contributed by atoms with Crippen LogP contribution in [0.2, 0.25) is 0 Å². The minimum absolute atomic E-state index is 0.0969. The smallest absolute Gasteiger partial charge is 0.226 e. The molecule has 104 valence electrons. The van der Waals surface area contributed by atoms with Crippen molar-refractivity contribution in [2.75, 3.05) is 0 Å². The van der Waals surface area contributed by atoms with E-state index in [0.717, 1.165) is 29.4 Å². The molecule has 1 aromatic heterocycles. The van der Waals surface area contributed by atoms with Gasteiger partial charge in [-0.3, -0.25) is 9.78 Å². The lowest BCUT2D eigenvalue weighted by Gasteiger charge is -2.22. The zero-order valence-electron chi connectivity index (χ0n) is 11.6. The minimum atomic E-state index is 0.0969. The molecule has 2 aromatic rings. The molecule has 1 aliphatic carbocycles. The van der Waals surface area contributed by atoms with Gasteiger partial charge in [0.1, 0.15) is 0 Å². The Kier molecular flexibility index (Phi) is 3.95. The van der Waals surface area contributed by atoms with Crippen LogP contribution in [0.4, 0.5) is 0 Å². The lowest BCUT2D eigenvalue weighted by molar-refractivity contribution is -0.121. The second kappa shape index (κ2) is 6.04. The van der Waals surface area contributed by atoms with Crippen molar-refractivity contribution in [1.82, 2.24) is 10.3 Å². The number of hydrogen-bond donors (Lipinski definition) is 1. The molecule has 0 saturated heterocycles. The summed E-state index contributed by atoms with van der Waals surface area (Å²) >= 11 is 0. The molecule has 3 heteroatoms. The maximum absolute atomic E-state index is 12.1. The molecule has 20 heavy (non-hydrogen) atoms. The number of hydrogen-bond acceptors (Lipinski definition) is 2. The van der Waals surface area contributed by atoms with Crippen LogP contribution in [-0.4, -0.2) is 16.9 Å². The van der Waals surface area contributed by atoms with Crippen LogP contribution < -0.4 is 5.32 Å². The van der Waals surface area contributed by atoms with E-state index in [2.05, 4.69) is 10.3 Å². The second-order valence-corrected chi connectivity index (χ2v) is 5.57. The molecule has 0 aliphatic heterocycles. The molecule has 1 heterocycles. The van der Waals surface area contributed by atoms with Crippen molar-refractivity contribution in [3.63, 3.8) is 0 Å². The third kappa shape index (κ3) is 3.16. The molecule has 0 spiro atoms. The van der Waals surface area contributed by atoms with Crippen LogP contribution in [-0.2, 0) is 11.2 Å². The Bertz CT molecular complexity index is 603. The molecule has 0 radical (unpaired) electrons. The molecule has 1 amide bonds. The number of nitrogens with zero attached hydrogens (tertiary/aromatic N) is 1. The summed E-state index contributed by atoms with van der Waals surface area (Å²) in [5.74, 6) is 0.0969. The molecule has 0 bridgehead atoms. The summed E-state index contributed by atoms with van der Waals surface area (Å²) in [5, 5.41) is 4.25. The predicted molar refractivity (Wildman–Crippen MR) is 80.5 cm³/mol. The van der Waals surface area contributed by atoms with Gasteiger partial charge in [0, 0.05) is 11.4 Å². The van der Waals surface area contributed by atoms with Gasteiger partial charge in [-0.05, 0) is 25.0 Å². The van der Waals surface area contributed by atoms with E-state index in [4.69, 9.17) is 0 Å². The first-order chi connectivity index (χ1) is 9.81. The van der Waals surface area contributed by atoms with Gasteiger partial charge in [-0.1, -0.05) is 43.5 Å². The number of carbonyl (C=O) groups is 1. The number of fused-ring (bicyclic) bond motifs is 1. The molecule has 3 nitrogen and oxygen atoms in total. The van der Waals surface area contributed by atoms with Crippen molar-refractivity contribution < 1.29 is 4.79 Å². The summed E-state index contributed by atoms with van der Waals surface area (Å²) in [6.45, 7) is 0. The van der Waals surface area contributed by atoms with Crippen LogP contribution in [0.15, 0.2) is 36.4 Å². The topological polar surface area (TPSA) is 42.0 Å². The van der Waals surface area contributed by atoms with Gasteiger partial charge < -0.3 is 5.32 Å². The number of pyridine rings is 1. The fraction of sp³-hybridized carbons (Fsp3) is 0.412. The summed E-state index contributed by atoms with van der Waals surface area (Å²) in [7, 11) is 0. The van der Waals surface area contributed by atoms with Crippen LogP contribution in [0.1, 0.15) is 37.8 Å². The van der Waals surface area contributed by atoms with Crippen molar-refractivity contribution in [2.24, 2.45) is 0 Å². The van der Waals surface area contributed by atoms with Crippen molar-refractivity contribution in [3.8, 4) is 0 Å². The highest BCUT2D eigenvalue weighted by molar-refractivity contribution is 5.81. The van der Waals surface area contributed by atoms with Crippen molar-refractivity contribution in [1.29, 1.82) is 0 Å². The average Bonchev–Trinajstić information content (AvgIpc) is 2.48. The van der Waals surface area contributed by atoms with Crippen LogP contribution >= 0.6 is 0 Å². The van der Waals surface area contributed by atoms with Crippen molar-refractivity contribution >= 4 is 16.8 Å². The second-order valence-electron chi connectivity index (χ2n) is 5.57. The molecular weight excluding hydrogens is 248 g/mol. The van der Waals surface area contributed by atoms with Gasteiger partial charge in [0.2, 0.25) is 5.91 Å². The molecular formula is C17H20N2O. The summed E-state index contributed by atoms with van der Waals surface area (Å²) in [4.78, 5) is 16.6. The highest BCUT2D eigenvalue weighted by Crippen LogP contribution is 2.17. The van der Waals surface area contributed by atoms with E-state index in [9.17, 15) is 4.79 Å². The van der Waals surface area contributed by atoms with E-state index in [1.165, 1.54) is 19.3 Å². The van der Waals surface area contributed by atoms with Crippen LogP contribution in [0, 0.1) is 0 Å². The first-order valence-corrected chi connectivity index (χ1v) is 7.45. The lowest BCUT2D eigenvalue weighted by atomic mass is 9.95. The van der Waals surface area contributed by atoms with E-state index in [-0.39, 0.29) is 5.91 Å². The monoisotopic (exact) mass is 268 g/mol. The summed E-state index contributed by atoms with van der Waals surface area (Å²) < 4.78 is 0. The Balaban J connectivity index is 1.64. The Morgan fingerprint density at radius 2 is 1.90 bits per heavy atom. The number of para-hydroxylation sites is 1. The lowest BCUT2D eigenvalue weighted by Crippen LogP contribution is -2.37. The maximum atomic E-state index is 12.1. The van der Waals surface area contributed by atoms with Crippen LogP contribution in [0.3, 0.4) is 0 Å². The molecule has 1 fully saturated rings. The fourth-order valence-electron chi connectivity index (χ4n) is 2.90. The van der Waals surface area contributed by atoms with E-state index >= 15 is 0 Å². The Morgan fingerprint density at radius 3 is 2.75 bits per heavy atom. The van der Waals surface area contributed by atoms with E-state index in [1.54, 1.807) is 0 Å². The number of rotatable bonds is 3. The Labute approximate surface area is 119 Å². The van der Waals surface area contributed by atoms with Gasteiger partial charge in [0.05, 0.1) is 17.6 Å². The van der Waals surface area contributed by atoms with Gasteiger partial charge >= 0.3 is 0 Å². The van der Waals surface area contributed by atoms with Crippen molar-refractivity contribution in [2.45, 2.75) is 44.6 Å². The van der Waals surface area contributed by atoms with Gasteiger partial charge in [-0.15, -0.1) is 0 Å². The van der Waals surface area contributed by atoms with E-state index in [0.29, 0.717) is 12.5 Å². The molecule has 1 aliphatic rings. The highest BCUT2D eigenvalue weighted by atomic mass is 16.1. The van der Waals surface area contributed by atoms with E-state index < -0.39 is 0 Å². The van der Waals surface area contributed by atoms with Gasteiger partial charge in [0.15, 0.2) is 0 Å². The minimum Gasteiger partial charge on any atom is -0.353 e. The zero-order chi connectivity index (χ0) is 13.8. The highest BCUT2D eigenvalue weighted by Gasteiger charge is 2.16. The predicted octanol–water partition coefficient (Wildman–Crippen LogP) is 3.23. The molecule has 3 rings (SSSR count). The average molecular weight is 268 g/mol. The Hall–Kier alpha value is -1.90.